The molecular weight excluding hydrogens is 304 g/mol. The van der Waals surface area contributed by atoms with Crippen LogP contribution in [0.25, 0.3) is 0 Å². The van der Waals surface area contributed by atoms with Crippen molar-refractivity contribution in [3.8, 4) is 0 Å². The van der Waals surface area contributed by atoms with Crippen molar-refractivity contribution in [2.75, 3.05) is 13.1 Å². The Morgan fingerprint density at radius 1 is 1.04 bits per heavy atom. The van der Waals surface area contributed by atoms with Gasteiger partial charge in [0.2, 0.25) is 5.91 Å². The zero-order valence-corrected chi connectivity index (χ0v) is 14.4. The maximum absolute atomic E-state index is 11.7. The van der Waals surface area contributed by atoms with Gasteiger partial charge >= 0.3 is 0 Å². The third-order valence-electron chi connectivity index (χ3n) is 3.71. The number of hydrogen-bond donors (Lipinski definition) is 2. The smallest absolute Gasteiger partial charge is 0.287 e. The molecule has 128 valence electrons. The van der Waals surface area contributed by atoms with E-state index in [9.17, 15) is 9.59 Å². The van der Waals surface area contributed by atoms with Crippen LogP contribution in [-0.4, -0.2) is 24.9 Å². The minimum atomic E-state index is -0.395. The Hall–Kier alpha value is -2.56. The minimum absolute atomic E-state index is 0.0670. The van der Waals surface area contributed by atoms with Crippen molar-refractivity contribution in [1.82, 2.24) is 10.6 Å². The number of rotatable bonds is 6. The predicted octanol–water partition coefficient (Wildman–Crippen LogP) is 2.67. The van der Waals surface area contributed by atoms with Gasteiger partial charge in [0.15, 0.2) is 5.76 Å². The zero-order chi connectivity index (χ0) is 17.6. The summed E-state index contributed by atoms with van der Waals surface area (Å²) >= 11 is 0. The molecule has 0 bridgehead atoms. The van der Waals surface area contributed by atoms with Crippen LogP contribution >= 0.6 is 0 Å². The van der Waals surface area contributed by atoms with Gasteiger partial charge in [-0.05, 0) is 35.1 Å². The fraction of sp³-hybridized carbons (Fsp3) is 0.368. The van der Waals surface area contributed by atoms with Crippen LogP contribution in [0.3, 0.4) is 0 Å². The predicted molar refractivity (Wildman–Crippen MR) is 92.9 cm³/mol. The van der Waals surface area contributed by atoms with E-state index < -0.39 is 5.91 Å². The number of amides is 2. The van der Waals surface area contributed by atoms with Gasteiger partial charge in [0, 0.05) is 6.54 Å². The summed E-state index contributed by atoms with van der Waals surface area (Å²) in [7, 11) is 0. The lowest BCUT2D eigenvalue weighted by Gasteiger charge is -2.19. The normalized spacial score (nSPS) is 11.1. The second kappa shape index (κ2) is 7.81. The Bertz CT molecular complexity index is 668. The average molecular weight is 328 g/mol. The lowest BCUT2D eigenvalue weighted by molar-refractivity contribution is -0.120. The number of benzene rings is 1. The summed E-state index contributed by atoms with van der Waals surface area (Å²) in [5.41, 5.74) is 2.60. The molecule has 1 aromatic carbocycles. The van der Waals surface area contributed by atoms with Gasteiger partial charge < -0.3 is 15.1 Å². The lowest BCUT2D eigenvalue weighted by Crippen LogP contribution is -2.37. The molecule has 1 heterocycles. The van der Waals surface area contributed by atoms with Crippen molar-refractivity contribution < 1.29 is 14.0 Å². The van der Waals surface area contributed by atoms with Crippen LogP contribution < -0.4 is 10.6 Å². The van der Waals surface area contributed by atoms with E-state index in [1.165, 1.54) is 17.4 Å². The van der Waals surface area contributed by atoms with Crippen molar-refractivity contribution >= 4 is 11.8 Å². The van der Waals surface area contributed by atoms with Crippen LogP contribution in [-0.2, 0) is 16.6 Å². The first kappa shape index (κ1) is 17.8. The maximum Gasteiger partial charge on any atom is 0.287 e. The standard InChI is InChI=1S/C19H24N2O3/c1-19(2,3)15-8-6-14(7-9-15)10-11-20-17(22)13-21-18(23)16-5-4-12-24-16/h4-9,12H,10-11,13H2,1-3H3,(H,20,22)(H,21,23). The van der Waals surface area contributed by atoms with E-state index in [1.807, 2.05) is 0 Å². The molecule has 5 heteroatoms. The van der Waals surface area contributed by atoms with Crippen LogP contribution in [0.15, 0.2) is 47.1 Å². The molecule has 5 nitrogen and oxygen atoms in total. The maximum atomic E-state index is 11.7. The highest BCUT2D eigenvalue weighted by atomic mass is 16.3. The Morgan fingerprint density at radius 3 is 2.33 bits per heavy atom. The Balaban J connectivity index is 1.70. The number of carbonyl (C=O) groups is 2. The summed E-state index contributed by atoms with van der Waals surface area (Å²) in [4.78, 5) is 23.4. The second-order valence-electron chi connectivity index (χ2n) is 6.71. The number of furan rings is 1. The van der Waals surface area contributed by atoms with Crippen molar-refractivity contribution in [3.63, 3.8) is 0 Å². The van der Waals surface area contributed by atoms with Crippen LogP contribution in [0.5, 0.6) is 0 Å². The SMILES string of the molecule is CC(C)(C)c1ccc(CCNC(=O)CNC(=O)c2ccco2)cc1. The topological polar surface area (TPSA) is 71.3 Å². The third-order valence-corrected chi connectivity index (χ3v) is 3.71. The molecule has 2 N–H and O–H groups in total. The van der Waals surface area contributed by atoms with Gasteiger partial charge in [-0.15, -0.1) is 0 Å². The molecule has 2 rings (SSSR count). The lowest BCUT2D eigenvalue weighted by atomic mass is 9.86. The van der Waals surface area contributed by atoms with E-state index in [-0.39, 0.29) is 23.6 Å². The highest BCUT2D eigenvalue weighted by Crippen LogP contribution is 2.22. The molecule has 2 aromatic rings. The van der Waals surface area contributed by atoms with E-state index >= 15 is 0 Å². The molecule has 0 saturated carbocycles. The van der Waals surface area contributed by atoms with Crippen molar-refractivity contribution in [2.45, 2.75) is 32.6 Å². The van der Waals surface area contributed by atoms with E-state index in [0.29, 0.717) is 6.54 Å². The molecule has 0 atom stereocenters. The fourth-order valence-corrected chi connectivity index (χ4v) is 2.24. The van der Waals surface area contributed by atoms with Crippen molar-refractivity contribution in [1.29, 1.82) is 0 Å². The highest BCUT2D eigenvalue weighted by molar-refractivity contribution is 5.94. The van der Waals surface area contributed by atoms with Crippen LogP contribution in [0.2, 0.25) is 0 Å². The highest BCUT2D eigenvalue weighted by Gasteiger charge is 2.13. The molecule has 24 heavy (non-hydrogen) atoms. The van der Waals surface area contributed by atoms with Gasteiger partial charge in [-0.25, -0.2) is 0 Å². The van der Waals surface area contributed by atoms with E-state index in [0.717, 1.165) is 6.42 Å². The number of carbonyl (C=O) groups excluding carboxylic acids is 2. The molecule has 0 aliphatic rings. The number of hydrogen-bond acceptors (Lipinski definition) is 3. The number of nitrogens with one attached hydrogen (secondary N) is 2. The van der Waals surface area contributed by atoms with Crippen LogP contribution in [0, 0.1) is 0 Å². The summed E-state index contributed by atoms with van der Waals surface area (Å²) in [6, 6.07) is 11.6. The molecule has 0 aliphatic carbocycles. The van der Waals surface area contributed by atoms with Crippen molar-refractivity contribution in [3.05, 3.63) is 59.5 Å². The Morgan fingerprint density at radius 2 is 1.75 bits per heavy atom. The molecule has 1 aromatic heterocycles. The van der Waals surface area contributed by atoms with Gasteiger partial charge in [-0.1, -0.05) is 45.0 Å². The van der Waals surface area contributed by atoms with Gasteiger partial charge in [-0.3, -0.25) is 9.59 Å². The van der Waals surface area contributed by atoms with E-state index in [2.05, 4.69) is 55.7 Å². The van der Waals surface area contributed by atoms with E-state index in [1.54, 1.807) is 12.1 Å². The van der Waals surface area contributed by atoms with Crippen molar-refractivity contribution in [2.24, 2.45) is 0 Å². The van der Waals surface area contributed by atoms with Gasteiger partial charge in [0.25, 0.3) is 5.91 Å². The summed E-state index contributed by atoms with van der Waals surface area (Å²) in [5, 5.41) is 5.31. The first-order valence-electron chi connectivity index (χ1n) is 8.04. The van der Waals surface area contributed by atoms with Gasteiger partial charge in [-0.2, -0.15) is 0 Å². The summed E-state index contributed by atoms with van der Waals surface area (Å²) < 4.78 is 4.96. The summed E-state index contributed by atoms with van der Waals surface area (Å²) in [5.74, 6) is -0.420. The molecule has 0 radical (unpaired) electrons. The third kappa shape index (κ3) is 5.26. The molecule has 0 saturated heterocycles. The molecule has 0 fully saturated rings. The zero-order valence-electron chi connectivity index (χ0n) is 14.4. The van der Waals surface area contributed by atoms with Gasteiger partial charge in [0.05, 0.1) is 12.8 Å². The molecule has 0 aliphatic heterocycles. The van der Waals surface area contributed by atoms with E-state index in [4.69, 9.17) is 4.42 Å². The minimum Gasteiger partial charge on any atom is -0.459 e. The average Bonchev–Trinajstić information content (AvgIpc) is 3.07. The molecule has 0 spiro atoms. The van der Waals surface area contributed by atoms with Crippen LogP contribution in [0.1, 0.15) is 42.5 Å². The molecule has 2 amide bonds. The fourth-order valence-electron chi connectivity index (χ4n) is 2.24. The second-order valence-corrected chi connectivity index (χ2v) is 6.71. The Kier molecular flexibility index (Phi) is 5.79. The quantitative estimate of drug-likeness (QED) is 0.856. The Labute approximate surface area is 142 Å². The van der Waals surface area contributed by atoms with Crippen LogP contribution in [0.4, 0.5) is 0 Å². The first-order chi connectivity index (χ1) is 11.4. The molecular formula is C19H24N2O3. The summed E-state index contributed by atoms with van der Waals surface area (Å²) in [6.07, 6.45) is 2.17. The first-order valence-corrected chi connectivity index (χ1v) is 8.04. The largest absolute Gasteiger partial charge is 0.459 e. The summed E-state index contributed by atoms with van der Waals surface area (Å²) in [6.45, 7) is 7.00. The molecule has 0 unspecified atom stereocenters. The monoisotopic (exact) mass is 328 g/mol. The van der Waals surface area contributed by atoms with Gasteiger partial charge in [0.1, 0.15) is 0 Å².